The fourth-order valence-electron chi connectivity index (χ4n) is 3.07. The number of hydrogen-bond donors (Lipinski definition) is 1. The molecule has 10 heteroatoms. The summed E-state index contributed by atoms with van der Waals surface area (Å²) in [4.78, 5) is 44.5. The molecule has 0 aromatic rings. The monoisotopic (exact) mass is 509 g/mol. The van der Waals surface area contributed by atoms with E-state index in [0.717, 1.165) is 51.4 Å². The number of ether oxygens (including phenoxy) is 3. The number of carbonyl (C=O) groups excluding carboxylic acids is 3. The van der Waals surface area contributed by atoms with Gasteiger partial charge in [-0.15, -0.1) is 11.6 Å². The lowest BCUT2D eigenvalue weighted by atomic mass is 10.1. The summed E-state index contributed by atoms with van der Waals surface area (Å²) in [6, 6.07) is 0. The third-order valence-corrected chi connectivity index (χ3v) is 4.87. The lowest BCUT2D eigenvalue weighted by Gasteiger charge is -2.24. The van der Waals surface area contributed by atoms with Crippen LogP contribution in [0.4, 0.5) is 9.59 Å². The molecule has 1 N–H and O–H groups in total. The van der Waals surface area contributed by atoms with E-state index in [4.69, 9.17) is 14.3 Å². The van der Waals surface area contributed by atoms with Crippen molar-refractivity contribution in [2.24, 2.45) is 4.99 Å². The number of esters is 1. The van der Waals surface area contributed by atoms with Crippen LogP contribution in [0, 0.1) is 0 Å². The lowest BCUT2D eigenvalue weighted by molar-refractivity contribution is -0.140. The number of unbranched alkanes of at least 4 members (excludes halogenated alkanes) is 9. The Bertz CT molecular complexity index is 695. The Labute approximate surface area is 215 Å². The second kappa shape index (κ2) is 23.6. The van der Waals surface area contributed by atoms with Crippen molar-refractivity contribution < 1.29 is 33.4 Å². The van der Waals surface area contributed by atoms with Gasteiger partial charge in [0.1, 0.15) is 13.2 Å². The molecular weight excluding hydrogens is 466 g/mol. The van der Waals surface area contributed by atoms with Gasteiger partial charge in [-0.25, -0.2) is 14.7 Å². The summed E-state index contributed by atoms with van der Waals surface area (Å²) in [6.45, 7) is 11.1. The summed E-state index contributed by atoms with van der Waals surface area (Å²) in [5, 5.41) is 3.76. The van der Waals surface area contributed by atoms with Crippen molar-refractivity contribution in [1.82, 2.24) is 10.4 Å². The summed E-state index contributed by atoms with van der Waals surface area (Å²) in [5.41, 5.74) is 0. The molecule has 36 heavy (non-hydrogen) atoms. The van der Waals surface area contributed by atoms with Crippen molar-refractivity contribution >= 4 is 24.1 Å². The first kappa shape index (κ1) is 32.9. The van der Waals surface area contributed by atoms with Crippen molar-refractivity contribution in [2.75, 3.05) is 33.5 Å². The Morgan fingerprint density at radius 3 is 1.86 bits per heavy atom. The van der Waals surface area contributed by atoms with E-state index in [9.17, 15) is 14.4 Å². The van der Waals surface area contributed by atoms with E-state index < -0.39 is 12.2 Å². The summed E-state index contributed by atoms with van der Waals surface area (Å²) in [7, 11) is 1.42. The van der Waals surface area contributed by atoms with Gasteiger partial charge in [-0.1, -0.05) is 82.8 Å². The molecule has 0 radical (unpaired) electrons. The maximum absolute atomic E-state index is 12.0. The second-order valence-electron chi connectivity index (χ2n) is 7.86. The molecule has 0 heterocycles. The number of guanidine groups is 1. The minimum absolute atomic E-state index is 0.00102. The van der Waals surface area contributed by atoms with Crippen LogP contribution in [0.25, 0.3) is 0 Å². The standard InChI is InChI=1S/C26H43N3O7/c1-5-20-34-25(31)27-24(28-26(32)35-21-6-2)29(36-22-7-3)19-17-15-13-11-9-8-10-12-14-16-18-23(30)33-4/h5-7H,1-3,8-22H2,4H3,(H,27,28,31,32). The molecule has 10 nitrogen and oxygen atoms in total. The Morgan fingerprint density at radius 2 is 1.31 bits per heavy atom. The molecule has 0 aliphatic rings. The average Bonchev–Trinajstić information content (AvgIpc) is 2.87. The highest BCUT2D eigenvalue weighted by atomic mass is 16.7. The van der Waals surface area contributed by atoms with E-state index in [2.05, 4.69) is 34.8 Å². The molecule has 0 saturated heterocycles. The maximum atomic E-state index is 12.0. The van der Waals surface area contributed by atoms with E-state index >= 15 is 0 Å². The molecule has 0 spiro atoms. The van der Waals surface area contributed by atoms with Crippen LogP contribution >= 0.6 is 0 Å². The summed E-state index contributed by atoms with van der Waals surface area (Å²) >= 11 is 0. The quantitative estimate of drug-likeness (QED) is 0.0437. The van der Waals surface area contributed by atoms with Gasteiger partial charge in [-0.3, -0.25) is 14.9 Å². The van der Waals surface area contributed by atoms with Crippen LogP contribution in [-0.2, 0) is 23.8 Å². The Balaban J connectivity index is 4.52. The number of nitrogens with one attached hydrogen (secondary N) is 1. The Morgan fingerprint density at radius 1 is 0.778 bits per heavy atom. The number of nitrogens with zero attached hydrogens (tertiary/aromatic N) is 2. The molecular formula is C26H43N3O7. The average molecular weight is 510 g/mol. The molecule has 0 saturated carbocycles. The number of hydroxylamine groups is 2. The zero-order valence-corrected chi connectivity index (χ0v) is 21.7. The van der Waals surface area contributed by atoms with Crippen LogP contribution in [-0.4, -0.2) is 62.7 Å². The highest BCUT2D eigenvalue weighted by molar-refractivity contribution is 5.98. The van der Waals surface area contributed by atoms with Gasteiger partial charge in [0.15, 0.2) is 0 Å². The van der Waals surface area contributed by atoms with Crippen LogP contribution in [0.1, 0.15) is 70.6 Å². The zero-order valence-electron chi connectivity index (χ0n) is 21.7. The number of amides is 2. The predicted octanol–water partition coefficient (Wildman–Crippen LogP) is 5.46. The van der Waals surface area contributed by atoms with Gasteiger partial charge < -0.3 is 14.2 Å². The van der Waals surface area contributed by atoms with Gasteiger partial charge >= 0.3 is 18.2 Å². The molecule has 204 valence electrons. The number of rotatable bonds is 20. The fraction of sp³-hybridized carbons (Fsp3) is 0.615. The molecule has 0 aromatic carbocycles. The Kier molecular flexibility index (Phi) is 21.5. The van der Waals surface area contributed by atoms with E-state index in [1.54, 1.807) is 6.08 Å². The molecule has 0 aliphatic heterocycles. The van der Waals surface area contributed by atoms with Gasteiger partial charge in [0.05, 0.1) is 13.7 Å². The molecule has 0 atom stereocenters. The van der Waals surface area contributed by atoms with Gasteiger partial charge in [-0.2, -0.15) is 0 Å². The molecule has 0 rings (SSSR count). The normalized spacial score (nSPS) is 10.8. The molecule has 0 fully saturated rings. The molecule has 2 amide bonds. The van der Waals surface area contributed by atoms with Crippen LogP contribution in [0.3, 0.4) is 0 Å². The molecule has 0 aliphatic carbocycles. The van der Waals surface area contributed by atoms with Gasteiger partial charge in [-0.05, 0) is 12.8 Å². The van der Waals surface area contributed by atoms with Crippen LogP contribution in [0.5, 0.6) is 0 Å². The topological polar surface area (TPSA) is 116 Å². The highest BCUT2D eigenvalue weighted by Gasteiger charge is 2.18. The smallest absolute Gasteiger partial charge is 0.437 e. The van der Waals surface area contributed by atoms with Gasteiger partial charge in [0.25, 0.3) is 0 Å². The molecule has 0 unspecified atom stereocenters. The highest BCUT2D eigenvalue weighted by Crippen LogP contribution is 2.12. The maximum Gasteiger partial charge on any atom is 0.437 e. The first-order valence-corrected chi connectivity index (χ1v) is 12.5. The van der Waals surface area contributed by atoms with Crippen LogP contribution in [0.2, 0.25) is 0 Å². The lowest BCUT2D eigenvalue weighted by Crippen LogP contribution is -2.45. The fourth-order valence-corrected chi connectivity index (χ4v) is 3.07. The van der Waals surface area contributed by atoms with Gasteiger partial charge in [0.2, 0.25) is 5.96 Å². The van der Waals surface area contributed by atoms with Crippen LogP contribution in [0.15, 0.2) is 43.0 Å². The molecule has 0 bridgehead atoms. The second-order valence-corrected chi connectivity index (χ2v) is 7.86. The van der Waals surface area contributed by atoms with Crippen molar-refractivity contribution in [2.45, 2.75) is 70.6 Å². The van der Waals surface area contributed by atoms with E-state index in [1.165, 1.54) is 37.2 Å². The van der Waals surface area contributed by atoms with Gasteiger partial charge in [0, 0.05) is 13.0 Å². The third-order valence-electron chi connectivity index (χ3n) is 4.87. The zero-order chi connectivity index (χ0) is 26.9. The Hall–Kier alpha value is -3.14. The predicted molar refractivity (Wildman–Crippen MR) is 139 cm³/mol. The summed E-state index contributed by atoms with van der Waals surface area (Å²) in [5.74, 6) is -0.273. The largest absolute Gasteiger partial charge is 0.469 e. The minimum atomic E-state index is -0.897. The number of alkyl carbamates (subject to hydrolysis) is 1. The van der Waals surface area contributed by atoms with Crippen molar-refractivity contribution in [3.8, 4) is 0 Å². The summed E-state index contributed by atoms with van der Waals surface area (Å²) in [6.07, 6.45) is 13.6. The number of hydrogen-bond acceptors (Lipinski definition) is 7. The molecule has 0 aromatic heterocycles. The SMILES string of the molecule is C=CCOC(=O)/N=C(\NC(=O)OCC=C)N(CCCCCCCCCCCCC(=O)OC)OCC=C. The van der Waals surface area contributed by atoms with Crippen LogP contribution < -0.4 is 5.32 Å². The minimum Gasteiger partial charge on any atom is -0.469 e. The number of carbonyl (C=O) groups is 3. The van der Waals surface area contributed by atoms with E-state index in [-0.39, 0.29) is 31.7 Å². The van der Waals surface area contributed by atoms with Crippen molar-refractivity contribution in [3.63, 3.8) is 0 Å². The van der Waals surface area contributed by atoms with E-state index in [1.807, 2.05) is 0 Å². The first-order valence-electron chi connectivity index (χ1n) is 12.5. The number of aliphatic imine (C=N–C) groups is 1. The number of methoxy groups -OCH3 is 1. The van der Waals surface area contributed by atoms with Crippen molar-refractivity contribution in [1.29, 1.82) is 0 Å². The van der Waals surface area contributed by atoms with Crippen molar-refractivity contribution in [3.05, 3.63) is 38.0 Å². The summed E-state index contributed by atoms with van der Waals surface area (Å²) < 4.78 is 14.5. The third kappa shape index (κ3) is 19.2. The first-order chi connectivity index (χ1) is 17.5. The van der Waals surface area contributed by atoms with E-state index in [0.29, 0.717) is 13.0 Å².